The number of rotatable bonds is 7. The average Bonchev–Trinajstić information content (AvgIpc) is 3.59. The highest BCUT2D eigenvalue weighted by Gasteiger charge is 2.21. The quantitative estimate of drug-likeness (QED) is 0.155. The van der Waals surface area contributed by atoms with Crippen molar-refractivity contribution in [2.45, 2.75) is 27.7 Å². The van der Waals surface area contributed by atoms with Gasteiger partial charge in [0.1, 0.15) is 29.1 Å². The van der Waals surface area contributed by atoms with Crippen LogP contribution in [0.25, 0.3) is 95.6 Å². The summed E-state index contributed by atoms with van der Waals surface area (Å²) in [6.07, 6.45) is 0. The molecule has 0 fully saturated rings. The molecule has 0 aliphatic rings. The smallest absolute Gasteiger partial charge is 0.164 e. The molecule has 4 aromatic heterocycles. The Labute approximate surface area is 344 Å². The van der Waals surface area contributed by atoms with Gasteiger partial charge in [0, 0.05) is 44.3 Å². The third kappa shape index (κ3) is 6.81. The molecular formula is C49H35FN10. The summed E-state index contributed by atoms with van der Waals surface area (Å²) in [4.78, 5) is 42.8. The molecule has 10 nitrogen and oxygen atoms in total. The van der Waals surface area contributed by atoms with Crippen molar-refractivity contribution in [1.82, 2.24) is 49.4 Å². The highest BCUT2D eigenvalue weighted by atomic mass is 19.1. The van der Waals surface area contributed by atoms with Crippen LogP contribution in [0.1, 0.15) is 23.3 Å². The van der Waals surface area contributed by atoms with Crippen LogP contribution in [0, 0.1) is 33.5 Å². The summed E-state index contributed by atoms with van der Waals surface area (Å²) in [5, 5.41) is 2.05. The van der Waals surface area contributed by atoms with Gasteiger partial charge in [0.15, 0.2) is 29.1 Å². The van der Waals surface area contributed by atoms with Crippen LogP contribution < -0.4 is 0 Å². The molecule has 0 saturated heterocycles. The summed E-state index contributed by atoms with van der Waals surface area (Å²) in [6.45, 7) is 7.48. The lowest BCUT2D eigenvalue weighted by molar-refractivity contribution is 0.628. The summed E-state index contributed by atoms with van der Waals surface area (Å²) in [5.74, 6) is 4.89. The lowest BCUT2D eigenvalue weighted by atomic mass is 9.98. The molecule has 0 aliphatic carbocycles. The zero-order valence-corrected chi connectivity index (χ0v) is 33.1. The Kier molecular flexibility index (Phi) is 8.98. The van der Waals surface area contributed by atoms with E-state index in [2.05, 4.69) is 44.9 Å². The van der Waals surface area contributed by atoms with E-state index in [1.807, 2.05) is 119 Å². The number of hydrogen-bond acceptors (Lipinski definition) is 9. The molecule has 6 aromatic carbocycles. The van der Waals surface area contributed by atoms with Crippen molar-refractivity contribution < 1.29 is 4.39 Å². The van der Waals surface area contributed by atoms with E-state index >= 15 is 0 Å². The topological polar surface area (TPSA) is 121 Å². The molecule has 10 aromatic rings. The fourth-order valence-electron chi connectivity index (χ4n) is 7.76. The zero-order chi connectivity index (χ0) is 40.9. The molecule has 11 heteroatoms. The largest absolute Gasteiger partial charge is 0.309 e. The second-order valence-electron chi connectivity index (χ2n) is 14.6. The van der Waals surface area contributed by atoms with E-state index in [4.69, 9.17) is 34.9 Å². The van der Waals surface area contributed by atoms with Crippen LogP contribution in [0.15, 0.2) is 140 Å². The first kappa shape index (κ1) is 36.4. The lowest BCUT2D eigenvalue weighted by Gasteiger charge is -2.16. The standard InChI is InChI=1S/C49H35FN10/c1-28-51-29(2)54-47(53-28)35-18-21-40-41-22-19-36(48-55-30(3)52-31(4)56-48)26-44(41)60(43(40)25-35)38-20-23-39(34-16-11-17-37(50)24-34)42(27-38)49-58-45(32-12-7-5-8-13-32)57-46(59-49)33-14-9-6-10-15-33/h5-27H,1-4H3. The summed E-state index contributed by atoms with van der Waals surface area (Å²) in [7, 11) is 0. The van der Waals surface area contributed by atoms with E-state index < -0.39 is 0 Å². The third-order valence-electron chi connectivity index (χ3n) is 10.3. The molecule has 0 amide bonds. The molecule has 0 N–H and O–H groups in total. The van der Waals surface area contributed by atoms with Gasteiger partial charge >= 0.3 is 0 Å². The van der Waals surface area contributed by atoms with Gasteiger partial charge in [0.25, 0.3) is 0 Å². The number of hydrogen-bond donors (Lipinski definition) is 0. The molecule has 4 heterocycles. The van der Waals surface area contributed by atoms with Gasteiger partial charge in [0.05, 0.1) is 11.0 Å². The monoisotopic (exact) mass is 782 g/mol. The Morgan fingerprint density at radius 3 is 1.32 bits per heavy atom. The summed E-state index contributed by atoms with van der Waals surface area (Å²) < 4.78 is 17.2. The van der Waals surface area contributed by atoms with Crippen molar-refractivity contribution in [2.24, 2.45) is 0 Å². The number of benzene rings is 6. The number of fused-ring (bicyclic) bond motifs is 3. The van der Waals surface area contributed by atoms with Gasteiger partial charge in [0.2, 0.25) is 0 Å². The molecule has 0 atom stereocenters. The SMILES string of the molecule is Cc1nc(C)nc(-c2ccc3c4ccc(-c5nc(C)nc(C)n5)cc4n(-c4ccc(-c5cccc(F)c5)c(-c5nc(-c6ccccc6)nc(-c6ccccc6)n5)c4)c3c2)n1. The second kappa shape index (κ2) is 14.8. The van der Waals surface area contributed by atoms with E-state index in [0.717, 1.165) is 55.3 Å². The van der Waals surface area contributed by atoms with Crippen LogP contribution >= 0.6 is 0 Å². The van der Waals surface area contributed by atoms with Crippen molar-refractivity contribution in [1.29, 1.82) is 0 Å². The Balaban J connectivity index is 1.27. The third-order valence-corrected chi connectivity index (χ3v) is 10.3. The number of aryl methyl sites for hydroxylation is 4. The molecule has 0 radical (unpaired) electrons. The molecular weight excluding hydrogens is 748 g/mol. The van der Waals surface area contributed by atoms with Crippen LogP contribution in [0.5, 0.6) is 0 Å². The molecule has 0 unspecified atom stereocenters. The van der Waals surface area contributed by atoms with E-state index in [0.29, 0.717) is 63.5 Å². The highest BCUT2D eigenvalue weighted by molar-refractivity contribution is 6.11. The minimum absolute atomic E-state index is 0.344. The average molecular weight is 783 g/mol. The van der Waals surface area contributed by atoms with Crippen molar-refractivity contribution in [3.63, 3.8) is 0 Å². The van der Waals surface area contributed by atoms with Gasteiger partial charge in [-0.15, -0.1) is 0 Å². The molecule has 288 valence electrons. The first-order valence-electron chi connectivity index (χ1n) is 19.5. The minimum atomic E-state index is -0.344. The van der Waals surface area contributed by atoms with Gasteiger partial charge in [-0.3, -0.25) is 0 Å². The molecule has 0 spiro atoms. The van der Waals surface area contributed by atoms with Gasteiger partial charge in [-0.25, -0.2) is 49.2 Å². The Morgan fingerprint density at radius 1 is 0.350 bits per heavy atom. The Bertz CT molecular complexity index is 3070. The maximum Gasteiger partial charge on any atom is 0.164 e. The first-order chi connectivity index (χ1) is 29.2. The molecule has 0 bridgehead atoms. The van der Waals surface area contributed by atoms with Crippen molar-refractivity contribution in [3.8, 4) is 73.8 Å². The Morgan fingerprint density at radius 2 is 0.817 bits per heavy atom. The molecule has 0 aliphatic heterocycles. The van der Waals surface area contributed by atoms with Gasteiger partial charge in [-0.05, 0) is 75.2 Å². The summed E-state index contributed by atoms with van der Waals surface area (Å²) >= 11 is 0. The highest BCUT2D eigenvalue weighted by Crippen LogP contribution is 2.40. The van der Waals surface area contributed by atoms with E-state index in [1.54, 1.807) is 6.07 Å². The van der Waals surface area contributed by atoms with Gasteiger partial charge in [-0.1, -0.05) is 103 Å². The predicted octanol–water partition coefficient (Wildman–Crippen LogP) is 10.7. The fraction of sp³-hybridized carbons (Fsp3) is 0.0816. The van der Waals surface area contributed by atoms with Crippen LogP contribution in [-0.2, 0) is 0 Å². The van der Waals surface area contributed by atoms with Crippen LogP contribution in [0.3, 0.4) is 0 Å². The predicted molar refractivity (Wildman–Crippen MR) is 232 cm³/mol. The normalized spacial score (nSPS) is 11.4. The van der Waals surface area contributed by atoms with Crippen molar-refractivity contribution in [3.05, 3.63) is 169 Å². The number of aromatic nitrogens is 10. The second-order valence-corrected chi connectivity index (χ2v) is 14.6. The maximum atomic E-state index is 15.0. The van der Waals surface area contributed by atoms with Crippen LogP contribution in [-0.4, -0.2) is 49.4 Å². The van der Waals surface area contributed by atoms with E-state index in [-0.39, 0.29) is 5.82 Å². The van der Waals surface area contributed by atoms with Crippen LogP contribution in [0.2, 0.25) is 0 Å². The molecule has 0 saturated carbocycles. The molecule has 10 rings (SSSR count). The van der Waals surface area contributed by atoms with Gasteiger partial charge < -0.3 is 4.57 Å². The summed E-state index contributed by atoms with van der Waals surface area (Å²) in [5.41, 5.74) is 8.20. The van der Waals surface area contributed by atoms with E-state index in [9.17, 15) is 4.39 Å². The summed E-state index contributed by atoms with van der Waals surface area (Å²) in [6, 6.07) is 45.0. The van der Waals surface area contributed by atoms with Crippen molar-refractivity contribution >= 4 is 21.8 Å². The minimum Gasteiger partial charge on any atom is -0.309 e. The number of nitrogens with zero attached hydrogens (tertiary/aromatic N) is 10. The van der Waals surface area contributed by atoms with Gasteiger partial charge in [-0.2, -0.15) is 0 Å². The van der Waals surface area contributed by atoms with Crippen molar-refractivity contribution in [2.75, 3.05) is 0 Å². The lowest BCUT2D eigenvalue weighted by Crippen LogP contribution is -2.03. The molecule has 60 heavy (non-hydrogen) atoms. The zero-order valence-electron chi connectivity index (χ0n) is 33.1. The van der Waals surface area contributed by atoms with Crippen LogP contribution in [0.4, 0.5) is 4.39 Å². The maximum absolute atomic E-state index is 15.0. The van der Waals surface area contributed by atoms with E-state index in [1.165, 1.54) is 12.1 Å². The Hall–Kier alpha value is -7.92. The first-order valence-corrected chi connectivity index (χ1v) is 19.5. The number of halogens is 1. The fourth-order valence-corrected chi connectivity index (χ4v) is 7.76.